The van der Waals surface area contributed by atoms with E-state index in [0.717, 1.165) is 11.3 Å². The number of hydrogen-bond donors (Lipinski definition) is 1. The monoisotopic (exact) mass is 228 g/mol. The Morgan fingerprint density at radius 3 is 2.76 bits per heavy atom. The smallest absolute Gasteiger partial charge is 0.137 e. The van der Waals surface area contributed by atoms with Crippen LogP contribution in [-0.2, 0) is 0 Å². The summed E-state index contributed by atoms with van der Waals surface area (Å²) in [5, 5.41) is 0. The van der Waals surface area contributed by atoms with Crippen molar-refractivity contribution in [1.29, 1.82) is 0 Å². The predicted molar refractivity (Wildman–Crippen MR) is 67.8 cm³/mol. The summed E-state index contributed by atoms with van der Waals surface area (Å²) in [6, 6.07) is 11.7. The number of benzene rings is 1. The fraction of sp³-hybridized carbons (Fsp3) is 0.214. The van der Waals surface area contributed by atoms with E-state index in [-0.39, 0.29) is 6.04 Å². The van der Waals surface area contributed by atoms with Crippen molar-refractivity contribution in [3.63, 3.8) is 0 Å². The lowest BCUT2D eigenvalue weighted by Gasteiger charge is -2.15. The highest BCUT2D eigenvalue weighted by molar-refractivity contribution is 5.28. The number of pyridine rings is 1. The number of ether oxygens (including phenoxy) is 1. The quantitative estimate of drug-likeness (QED) is 0.874. The molecule has 1 unspecified atom stereocenters. The number of aryl methyl sites for hydroxylation is 1. The largest absolute Gasteiger partial charge is 0.490 e. The van der Waals surface area contributed by atoms with Gasteiger partial charge in [0.05, 0.1) is 12.2 Å². The minimum absolute atomic E-state index is 0.114. The molecule has 0 aliphatic rings. The van der Waals surface area contributed by atoms with Crippen LogP contribution in [0.5, 0.6) is 5.75 Å². The molecule has 0 aliphatic heterocycles. The molecular weight excluding hydrogens is 212 g/mol. The maximum absolute atomic E-state index is 6.10. The Labute approximate surface area is 101 Å². The van der Waals surface area contributed by atoms with E-state index in [4.69, 9.17) is 10.5 Å². The third-order valence-electron chi connectivity index (χ3n) is 2.65. The summed E-state index contributed by atoms with van der Waals surface area (Å²) in [5.41, 5.74) is 8.41. The van der Waals surface area contributed by atoms with Crippen molar-refractivity contribution in [2.45, 2.75) is 13.0 Å². The van der Waals surface area contributed by atoms with Gasteiger partial charge in [-0.15, -0.1) is 0 Å². The lowest BCUT2D eigenvalue weighted by molar-refractivity contribution is 0.289. The Morgan fingerprint density at radius 2 is 2.06 bits per heavy atom. The highest BCUT2D eigenvalue weighted by Crippen LogP contribution is 2.16. The molecule has 2 aromatic rings. The van der Waals surface area contributed by atoms with Crippen molar-refractivity contribution in [3.8, 4) is 5.75 Å². The topological polar surface area (TPSA) is 48.1 Å². The third kappa shape index (κ3) is 3.04. The van der Waals surface area contributed by atoms with Gasteiger partial charge in [-0.1, -0.05) is 24.3 Å². The summed E-state index contributed by atoms with van der Waals surface area (Å²) < 4.78 is 5.59. The normalized spacial score (nSPS) is 12.1. The van der Waals surface area contributed by atoms with E-state index in [9.17, 15) is 0 Å². The Balaban J connectivity index is 1.99. The van der Waals surface area contributed by atoms with Crippen LogP contribution in [0.4, 0.5) is 0 Å². The molecule has 0 radical (unpaired) electrons. The zero-order valence-electron chi connectivity index (χ0n) is 9.84. The lowest BCUT2D eigenvalue weighted by atomic mass is 10.0. The first kappa shape index (κ1) is 11.6. The van der Waals surface area contributed by atoms with Crippen molar-refractivity contribution in [1.82, 2.24) is 4.98 Å². The molecule has 0 saturated carbocycles. The van der Waals surface area contributed by atoms with E-state index < -0.39 is 0 Å². The second-order valence-electron chi connectivity index (χ2n) is 3.96. The van der Waals surface area contributed by atoms with E-state index in [0.29, 0.717) is 6.61 Å². The molecule has 1 aromatic heterocycles. The van der Waals surface area contributed by atoms with Gasteiger partial charge in [0.1, 0.15) is 12.4 Å². The average Bonchev–Trinajstić information content (AvgIpc) is 2.38. The molecule has 3 heteroatoms. The SMILES string of the molecule is Cc1ccccc1C(N)COc1cccnc1. The molecule has 0 aliphatic carbocycles. The standard InChI is InChI=1S/C14H16N2O/c1-11-5-2-3-7-13(11)14(15)10-17-12-6-4-8-16-9-12/h2-9,14H,10,15H2,1H3. The molecule has 1 aromatic carbocycles. The van der Waals surface area contributed by atoms with Crippen molar-refractivity contribution >= 4 is 0 Å². The van der Waals surface area contributed by atoms with E-state index in [1.165, 1.54) is 5.56 Å². The minimum Gasteiger partial charge on any atom is -0.490 e. The van der Waals surface area contributed by atoms with Crippen molar-refractivity contribution in [2.24, 2.45) is 5.73 Å². The van der Waals surface area contributed by atoms with Crippen molar-refractivity contribution < 1.29 is 4.74 Å². The summed E-state index contributed by atoms with van der Waals surface area (Å²) in [7, 11) is 0. The van der Waals surface area contributed by atoms with Crippen molar-refractivity contribution in [2.75, 3.05) is 6.61 Å². The summed E-state index contributed by atoms with van der Waals surface area (Å²) in [5.74, 6) is 0.747. The molecule has 0 amide bonds. The Kier molecular flexibility index (Phi) is 3.73. The second kappa shape index (κ2) is 5.46. The fourth-order valence-corrected chi connectivity index (χ4v) is 1.71. The molecule has 0 fully saturated rings. The second-order valence-corrected chi connectivity index (χ2v) is 3.96. The van der Waals surface area contributed by atoms with Gasteiger partial charge in [-0.05, 0) is 30.2 Å². The van der Waals surface area contributed by atoms with Gasteiger partial charge in [-0.3, -0.25) is 4.98 Å². The Morgan fingerprint density at radius 1 is 1.24 bits per heavy atom. The molecule has 88 valence electrons. The van der Waals surface area contributed by atoms with Gasteiger partial charge in [0.25, 0.3) is 0 Å². The summed E-state index contributed by atoms with van der Waals surface area (Å²) in [6.07, 6.45) is 3.40. The number of nitrogens with zero attached hydrogens (tertiary/aromatic N) is 1. The summed E-state index contributed by atoms with van der Waals surface area (Å²) in [4.78, 5) is 3.99. The molecule has 1 heterocycles. The molecule has 0 spiro atoms. The van der Waals surface area contributed by atoms with Crippen molar-refractivity contribution in [3.05, 3.63) is 59.9 Å². The van der Waals surface area contributed by atoms with Crippen LogP contribution in [0.25, 0.3) is 0 Å². The first-order valence-corrected chi connectivity index (χ1v) is 5.61. The van der Waals surface area contributed by atoms with Gasteiger partial charge >= 0.3 is 0 Å². The van der Waals surface area contributed by atoms with E-state index in [1.54, 1.807) is 12.4 Å². The summed E-state index contributed by atoms with van der Waals surface area (Å²) in [6.45, 7) is 2.51. The number of rotatable bonds is 4. The first-order valence-electron chi connectivity index (χ1n) is 5.61. The predicted octanol–water partition coefficient (Wildman–Crippen LogP) is 2.47. The lowest BCUT2D eigenvalue weighted by Crippen LogP contribution is -2.19. The fourth-order valence-electron chi connectivity index (χ4n) is 1.71. The Bertz CT molecular complexity index is 471. The van der Waals surface area contributed by atoms with Crippen LogP contribution in [0.15, 0.2) is 48.8 Å². The van der Waals surface area contributed by atoms with Gasteiger partial charge in [-0.2, -0.15) is 0 Å². The molecule has 17 heavy (non-hydrogen) atoms. The van der Waals surface area contributed by atoms with Gasteiger partial charge in [-0.25, -0.2) is 0 Å². The molecular formula is C14H16N2O. The maximum atomic E-state index is 6.10. The van der Waals surface area contributed by atoms with Crippen LogP contribution in [0, 0.1) is 6.92 Å². The third-order valence-corrected chi connectivity index (χ3v) is 2.65. The van der Waals surface area contributed by atoms with Gasteiger partial charge in [0.15, 0.2) is 0 Å². The van der Waals surface area contributed by atoms with Crippen LogP contribution >= 0.6 is 0 Å². The molecule has 0 bridgehead atoms. The van der Waals surface area contributed by atoms with Crippen LogP contribution in [0.1, 0.15) is 17.2 Å². The minimum atomic E-state index is -0.114. The summed E-state index contributed by atoms with van der Waals surface area (Å²) >= 11 is 0. The van der Waals surface area contributed by atoms with Gasteiger partial charge < -0.3 is 10.5 Å². The number of hydrogen-bond acceptors (Lipinski definition) is 3. The van der Waals surface area contributed by atoms with Crippen LogP contribution < -0.4 is 10.5 Å². The molecule has 3 nitrogen and oxygen atoms in total. The van der Waals surface area contributed by atoms with E-state index in [2.05, 4.69) is 18.0 Å². The number of nitrogens with two attached hydrogens (primary N) is 1. The zero-order chi connectivity index (χ0) is 12.1. The first-order chi connectivity index (χ1) is 8.27. The highest BCUT2D eigenvalue weighted by Gasteiger charge is 2.08. The average molecular weight is 228 g/mol. The van der Waals surface area contributed by atoms with Gasteiger partial charge in [0.2, 0.25) is 0 Å². The van der Waals surface area contributed by atoms with Crippen LogP contribution in [0.3, 0.4) is 0 Å². The molecule has 2 N–H and O–H groups in total. The van der Waals surface area contributed by atoms with Crippen LogP contribution in [0.2, 0.25) is 0 Å². The highest BCUT2D eigenvalue weighted by atomic mass is 16.5. The molecule has 2 rings (SSSR count). The number of aromatic nitrogens is 1. The Hall–Kier alpha value is -1.87. The van der Waals surface area contributed by atoms with Gasteiger partial charge in [0, 0.05) is 6.20 Å². The van der Waals surface area contributed by atoms with E-state index in [1.807, 2.05) is 30.3 Å². The maximum Gasteiger partial charge on any atom is 0.137 e. The molecule has 0 saturated heterocycles. The van der Waals surface area contributed by atoms with E-state index >= 15 is 0 Å². The molecule has 1 atom stereocenters. The van der Waals surface area contributed by atoms with Crippen LogP contribution in [-0.4, -0.2) is 11.6 Å². The zero-order valence-corrected chi connectivity index (χ0v) is 9.84.